The van der Waals surface area contributed by atoms with Gasteiger partial charge in [0.2, 0.25) is 21.8 Å². The summed E-state index contributed by atoms with van der Waals surface area (Å²) in [4.78, 5) is 40.8. The second-order valence-electron chi connectivity index (χ2n) is 8.31. The van der Waals surface area contributed by atoms with Gasteiger partial charge in [-0.2, -0.15) is 4.72 Å². The molecule has 204 valence electrons. The summed E-state index contributed by atoms with van der Waals surface area (Å²) < 4.78 is 32.5. The number of oxime groups is 1. The fourth-order valence-corrected chi connectivity index (χ4v) is 4.92. The number of amidine groups is 1. The van der Waals surface area contributed by atoms with E-state index in [0.717, 1.165) is 5.69 Å². The maximum absolute atomic E-state index is 12.7. The number of rotatable bonds is 11. The number of nitrogens with two attached hydrogens (primary N) is 1. The van der Waals surface area contributed by atoms with E-state index in [1.54, 1.807) is 49.4 Å². The van der Waals surface area contributed by atoms with Crippen LogP contribution in [0, 0.1) is 0 Å². The van der Waals surface area contributed by atoms with Crippen molar-refractivity contribution in [2.24, 2.45) is 10.9 Å². The predicted molar refractivity (Wildman–Crippen MR) is 138 cm³/mol. The average molecular weight is 547 g/mol. The lowest BCUT2D eigenvalue weighted by Crippen LogP contribution is -2.54. The second-order valence-corrected chi connectivity index (χ2v) is 10.0. The Morgan fingerprint density at radius 2 is 1.82 bits per heavy atom. The maximum Gasteiger partial charge on any atom is 0.326 e. The van der Waals surface area contributed by atoms with Crippen molar-refractivity contribution < 1.29 is 32.7 Å². The molecule has 1 saturated heterocycles. The highest BCUT2D eigenvalue weighted by molar-refractivity contribution is 7.89. The summed E-state index contributed by atoms with van der Waals surface area (Å²) in [5.74, 6) is -1.70. The number of ether oxygens (including phenoxy) is 1. The third-order valence-electron chi connectivity index (χ3n) is 5.71. The molecule has 1 atom stereocenters. The summed E-state index contributed by atoms with van der Waals surface area (Å²) in [5, 5.41) is 14.2. The Morgan fingerprint density at radius 3 is 2.42 bits per heavy atom. The molecule has 1 aliphatic rings. The Labute approximate surface area is 220 Å². The van der Waals surface area contributed by atoms with Gasteiger partial charge < -0.3 is 30.8 Å². The van der Waals surface area contributed by atoms with Gasteiger partial charge in [-0.05, 0) is 43.3 Å². The van der Waals surface area contributed by atoms with Crippen LogP contribution < -0.4 is 20.7 Å². The number of benzene rings is 2. The number of carbonyl (C=O) groups excluding carboxylic acids is 3. The first-order valence-corrected chi connectivity index (χ1v) is 13.2. The van der Waals surface area contributed by atoms with Crippen LogP contribution in [0.2, 0.25) is 0 Å². The molecule has 38 heavy (non-hydrogen) atoms. The van der Waals surface area contributed by atoms with E-state index >= 15 is 0 Å². The molecule has 14 heteroatoms. The summed E-state index contributed by atoms with van der Waals surface area (Å²) in [6.07, 6.45) is 0. The monoisotopic (exact) mass is 546 g/mol. The van der Waals surface area contributed by atoms with Crippen LogP contribution in [0.1, 0.15) is 12.5 Å². The van der Waals surface area contributed by atoms with E-state index in [1.807, 2.05) is 4.90 Å². The number of sulfonamides is 1. The molecule has 1 aliphatic heterocycles. The zero-order valence-corrected chi connectivity index (χ0v) is 21.6. The molecule has 0 aromatic heterocycles. The Balaban J connectivity index is 1.55. The molecule has 0 radical (unpaired) electrons. The summed E-state index contributed by atoms with van der Waals surface area (Å²) in [5.41, 5.74) is 6.87. The molecule has 5 N–H and O–H groups in total. The average Bonchev–Trinajstić information content (AvgIpc) is 2.92. The van der Waals surface area contributed by atoms with Crippen molar-refractivity contribution in [1.82, 2.24) is 14.9 Å². The van der Waals surface area contributed by atoms with Crippen LogP contribution in [-0.4, -0.2) is 87.5 Å². The smallest absolute Gasteiger partial charge is 0.326 e. The van der Waals surface area contributed by atoms with Crippen molar-refractivity contribution in [3.8, 4) is 0 Å². The van der Waals surface area contributed by atoms with Gasteiger partial charge in [0.25, 0.3) is 0 Å². The first-order valence-electron chi connectivity index (χ1n) is 11.8. The first-order chi connectivity index (χ1) is 18.1. The lowest BCUT2D eigenvalue weighted by molar-refractivity contribution is -0.145. The van der Waals surface area contributed by atoms with Crippen LogP contribution in [0.15, 0.2) is 64.6 Å². The fourth-order valence-electron chi connectivity index (χ4n) is 3.71. The van der Waals surface area contributed by atoms with E-state index in [-0.39, 0.29) is 49.4 Å². The van der Waals surface area contributed by atoms with Crippen molar-refractivity contribution in [2.75, 3.05) is 44.2 Å². The highest BCUT2D eigenvalue weighted by Crippen LogP contribution is 2.18. The molecule has 1 heterocycles. The Morgan fingerprint density at radius 1 is 1.13 bits per heavy atom. The van der Waals surface area contributed by atoms with Crippen LogP contribution in [-0.2, 0) is 29.1 Å². The van der Waals surface area contributed by atoms with E-state index in [4.69, 9.17) is 15.7 Å². The SMILES string of the molecule is CCOC(=O)C(CNC(=O)CN1CCN(c2ccc(/C(N)=N\O)cc2)CC1=O)NS(=O)(=O)c1ccccc1. The minimum atomic E-state index is -4.05. The van der Waals surface area contributed by atoms with Gasteiger partial charge in [0, 0.05) is 30.9 Å². The van der Waals surface area contributed by atoms with Crippen molar-refractivity contribution in [1.29, 1.82) is 0 Å². The number of nitrogens with zero attached hydrogens (tertiary/aromatic N) is 3. The molecule has 0 aliphatic carbocycles. The van der Waals surface area contributed by atoms with E-state index in [9.17, 15) is 22.8 Å². The van der Waals surface area contributed by atoms with Crippen LogP contribution in [0.25, 0.3) is 0 Å². The molecule has 2 aromatic carbocycles. The van der Waals surface area contributed by atoms with Gasteiger partial charge in [-0.15, -0.1) is 0 Å². The molecule has 1 fully saturated rings. The number of esters is 1. The molecule has 0 bridgehead atoms. The Hall–Kier alpha value is -4.17. The van der Waals surface area contributed by atoms with Crippen molar-refractivity contribution in [3.63, 3.8) is 0 Å². The largest absolute Gasteiger partial charge is 0.465 e. The third kappa shape index (κ3) is 7.43. The summed E-state index contributed by atoms with van der Waals surface area (Å²) in [6.45, 7) is 1.78. The van der Waals surface area contributed by atoms with Gasteiger partial charge in [0.1, 0.15) is 6.04 Å². The van der Waals surface area contributed by atoms with Crippen LogP contribution in [0.4, 0.5) is 5.69 Å². The quantitative estimate of drug-likeness (QED) is 0.0945. The first kappa shape index (κ1) is 28.4. The minimum Gasteiger partial charge on any atom is -0.465 e. The number of hydrogen-bond donors (Lipinski definition) is 4. The van der Waals surface area contributed by atoms with Crippen LogP contribution in [0.3, 0.4) is 0 Å². The predicted octanol–water partition coefficient (Wildman–Crippen LogP) is -0.544. The summed E-state index contributed by atoms with van der Waals surface area (Å²) >= 11 is 0. The van der Waals surface area contributed by atoms with Crippen molar-refractivity contribution in [2.45, 2.75) is 17.9 Å². The molecule has 1 unspecified atom stereocenters. The summed E-state index contributed by atoms with van der Waals surface area (Å²) in [6, 6.07) is 13.0. The van der Waals surface area contributed by atoms with E-state index < -0.39 is 27.9 Å². The number of carbonyl (C=O) groups is 3. The van der Waals surface area contributed by atoms with Gasteiger partial charge >= 0.3 is 5.97 Å². The molecule has 2 amide bonds. The van der Waals surface area contributed by atoms with Gasteiger partial charge in [0.05, 0.1) is 24.6 Å². The van der Waals surface area contributed by atoms with E-state index in [2.05, 4.69) is 15.2 Å². The molecule has 3 rings (SSSR count). The second kappa shape index (κ2) is 12.9. The number of nitrogens with one attached hydrogen (secondary N) is 2. The number of piperazine rings is 1. The maximum atomic E-state index is 12.7. The molecule has 0 saturated carbocycles. The number of amides is 2. The van der Waals surface area contributed by atoms with Gasteiger partial charge in [-0.1, -0.05) is 23.4 Å². The standard InChI is InChI=1S/C24H30N6O7S/c1-2-37-24(33)20(28-38(35,36)19-6-4-3-5-7-19)14-26-21(31)15-30-13-12-29(16-22(30)32)18-10-8-17(9-11-18)23(25)27-34/h3-11,20,28,34H,2,12-16H2,1H3,(H2,25,27)(H,26,31). The zero-order chi connectivity index (χ0) is 27.7. The topological polar surface area (TPSA) is 184 Å². The highest BCUT2D eigenvalue weighted by atomic mass is 32.2. The molecule has 0 spiro atoms. The van der Waals surface area contributed by atoms with Crippen molar-refractivity contribution >= 4 is 39.3 Å². The number of anilines is 1. The van der Waals surface area contributed by atoms with E-state index in [0.29, 0.717) is 12.1 Å². The van der Waals surface area contributed by atoms with E-state index in [1.165, 1.54) is 17.0 Å². The lowest BCUT2D eigenvalue weighted by atomic mass is 10.1. The van der Waals surface area contributed by atoms with Crippen LogP contribution in [0.5, 0.6) is 0 Å². The minimum absolute atomic E-state index is 0.0264. The van der Waals surface area contributed by atoms with Gasteiger partial charge in [0.15, 0.2) is 5.84 Å². The van der Waals surface area contributed by atoms with Gasteiger partial charge in [-0.25, -0.2) is 8.42 Å². The molecular formula is C24H30N6O7S. The third-order valence-corrected chi connectivity index (χ3v) is 7.20. The van der Waals surface area contributed by atoms with Gasteiger partial charge in [-0.3, -0.25) is 14.4 Å². The van der Waals surface area contributed by atoms with Crippen LogP contribution >= 0.6 is 0 Å². The number of hydrogen-bond acceptors (Lipinski definition) is 9. The van der Waals surface area contributed by atoms with Crippen molar-refractivity contribution in [3.05, 3.63) is 60.2 Å². The normalized spacial score (nSPS) is 15.2. The Bertz CT molecular complexity index is 1270. The molecule has 2 aromatic rings. The highest BCUT2D eigenvalue weighted by Gasteiger charge is 2.29. The lowest BCUT2D eigenvalue weighted by Gasteiger charge is -2.35. The molecular weight excluding hydrogens is 516 g/mol. The zero-order valence-electron chi connectivity index (χ0n) is 20.7. The summed E-state index contributed by atoms with van der Waals surface area (Å²) in [7, 11) is -4.05. The fraction of sp³-hybridized carbons (Fsp3) is 0.333. The molecule has 13 nitrogen and oxygen atoms in total. The Kier molecular flexibility index (Phi) is 9.62.